The van der Waals surface area contributed by atoms with Crippen molar-refractivity contribution in [1.29, 1.82) is 0 Å². The third-order valence-electron chi connectivity index (χ3n) is 3.78. The van der Waals surface area contributed by atoms with Crippen LogP contribution >= 0.6 is 0 Å². The molecule has 2 bridgehead atoms. The summed E-state index contributed by atoms with van der Waals surface area (Å²) < 4.78 is 9.98. The second-order valence-corrected chi connectivity index (χ2v) is 4.60. The number of rotatable bonds is 4. The van der Waals surface area contributed by atoms with Crippen molar-refractivity contribution >= 4 is 5.97 Å². The van der Waals surface area contributed by atoms with E-state index in [-0.39, 0.29) is 17.9 Å². The third-order valence-corrected chi connectivity index (χ3v) is 3.78. The number of fused-ring (bicyclic) bond motifs is 2. The first-order chi connectivity index (χ1) is 7.24. The van der Waals surface area contributed by atoms with Gasteiger partial charge in [0.2, 0.25) is 0 Å². The quantitative estimate of drug-likeness (QED) is 0.547. The fourth-order valence-electron chi connectivity index (χ4n) is 3.01. The van der Waals surface area contributed by atoms with Gasteiger partial charge in [0.25, 0.3) is 0 Å². The van der Waals surface area contributed by atoms with E-state index in [9.17, 15) is 4.79 Å². The molecule has 15 heavy (non-hydrogen) atoms. The molecule has 4 unspecified atom stereocenters. The summed E-state index contributed by atoms with van der Waals surface area (Å²) >= 11 is 0. The molecule has 0 aromatic rings. The first kappa shape index (κ1) is 10.9. The van der Waals surface area contributed by atoms with E-state index in [0.29, 0.717) is 25.0 Å². The lowest BCUT2D eigenvalue weighted by molar-refractivity contribution is -0.152. The summed E-state index contributed by atoms with van der Waals surface area (Å²) in [6.07, 6.45) is 3.45. The number of hydrogen-bond donors (Lipinski definition) is 1. The Morgan fingerprint density at radius 1 is 1.33 bits per heavy atom. The van der Waals surface area contributed by atoms with Crippen LogP contribution in [0.1, 0.15) is 19.3 Å². The minimum absolute atomic E-state index is 0.0267. The van der Waals surface area contributed by atoms with Gasteiger partial charge >= 0.3 is 5.97 Å². The van der Waals surface area contributed by atoms with Gasteiger partial charge in [-0.2, -0.15) is 0 Å². The van der Waals surface area contributed by atoms with E-state index in [1.54, 1.807) is 7.11 Å². The van der Waals surface area contributed by atoms with E-state index in [4.69, 9.17) is 15.2 Å². The Kier molecular flexibility index (Phi) is 3.26. The third kappa shape index (κ3) is 2.01. The van der Waals surface area contributed by atoms with E-state index < -0.39 is 0 Å². The molecule has 2 N–H and O–H groups in total. The molecule has 2 rings (SSSR count). The molecule has 0 aromatic carbocycles. The van der Waals surface area contributed by atoms with Crippen LogP contribution in [0.4, 0.5) is 0 Å². The lowest BCUT2D eigenvalue weighted by atomic mass is 9.85. The monoisotopic (exact) mass is 213 g/mol. The second kappa shape index (κ2) is 4.49. The highest BCUT2D eigenvalue weighted by Crippen LogP contribution is 2.47. The number of carbonyl (C=O) groups excluding carboxylic acids is 1. The molecule has 0 spiro atoms. The largest absolute Gasteiger partial charge is 0.463 e. The van der Waals surface area contributed by atoms with E-state index >= 15 is 0 Å². The molecule has 2 saturated carbocycles. The molecule has 2 aliphatic rings. The van der Waals surface area contributed by atoms with Crippen molar-refractivity contribution in [2.75, 3.05) is 20.3 Å². The summed E-state index contributed by atoms with van der Waals surface area (Å²) in [7, 11) is 1.59. The number of ether oxygens (including phenoxy) is 2. The molecule has 4 heteroatoms. The number of methoxy groups -OCH3 is 1. The van der Waals surface area contributed by atoms with Crippen molar-refractivity contribution in [1.82, 2.24) is 0 Å². The molecule has 0 aliphatic heterocycles. The zero-order valence-electron chi connectivity index (χ0n) is 9.15. The summed E-state index contributed by atoms with van der Waals surface area (Å²) in [6.45, 7) is 0.803. The Morgan fingerprint density at radius 3 is 2.67 bits per heavy atom. The van der Waals surface area contributed by atoms with E-state index in [1.165, 1.54) is 6.42 Å². The van der Waals surface area contributed by atoms with Gasteiger partial charge in [-0.3, -0.25) is 4.79 Å². The van der Waals surface area contributed by atoms with Crippen LogP contribution in [0, 0.1) is 17.8 Å². The predicted molar refractivity (Wildman–Crippen MR) is 55.1 cm³/mol. The summed E-state index contributed by atoms with van der Waals surface area (Å²) in [5.41, 5.74) is 6.04. The number of carbonyl (C=O) groups is 1. The average Bonchev–Trinajstić information content (AvgIpc) is 2.78. The van der Waals surface area contributed by atoms with Gasteiger partial charge in [-0.05, 0) is 31.1 Å². The molecule has 2 fully saturated rings. The highest BCUT2D eigenvalue weighted by Gasteiger charge is 2.49. The van der Waals surface area contributed by atoms with Crippen LogP contribution in [0.2, 0.25) is 0 Å². The van der Waals surface area contributed by atoms with Crippen LogP contribution in [0.3, 0.4) is 0 Å². The normalized spacial score (nSPS) is 38.3. The second-order valence-electron chi connectivity index (χ2n) is 4.60. The fourth-order valence-corrected chi connectivity index (χ4v) is 3.01. The van der Waals surface area contributed by atoms with Gasteiger partial charge in [0.1, 0.15) is 6.61 Å². The van der Waals surface area contributed by atoms with Crippen molar-refractivity contribution in [2.45, 2.75) is 25.3 Å². The van der Waals surface area contributed by atoms with Crippen LogP contribution in [0.5, 0.6) is 0 Å². The summed E-state index contributed by atoms with van der Waals surface area (Å²) in [4.78, 5) is 11.8. The topological polar surface area (TPSA) is 61.5 Å². The van der Waals surface area contributed by atoms with E-state index in [0.717, 1.165) is 12.8 Å². The lowest BCUT2D eigenvalue weighted by Gasteiger charge is -2.26. The zero-order chi connectivity index (χ0) is 10.8. The van der Waals surface area contributed by atoms with Gasteiger partial charge in [-0.1, -0.05) is 0 Å². The number of esters is 1. The van der Waals surface area contributed by atoms with Crippen LogP contribution in [-0.2, 0) is 14.3 Å². The minimum Gasteiger partial charge on any atom is -0.463 e. The molecule has 0 aromatic heterocycles. The molecule has 0 radical (unpaired) electrons. The van der Waals surface area contributed by atoms with Gasteiger partial charge in [-0.25, -0.2) is 0 Å². The number of nitrogens with two attached hydrogens (primary N) is 1. The van der Waals surface area contributed by atoms with Gasteiger partial charge in [0.15, 0.2) is 0 Å². The first-order valence-electron chi connectivity index (χ1n) is 5.65. The van der Waals surface area contributed by atoms with Crippen molar-refractivity contribution < 1.29 is 14.3 Å². The maximum absolute atomic E-state index is 11.8. The van der Waals surface area contributed by atoms with Crippen LogP contribution < -0.4 is 5.73 Å². The summed E-state index contributed by atoms with van der Waals surface area (Å²) in [5.74, 6) is 0.849. The van der Waals surface area contributed by atoms with Gasteiger partial charge in [0.05, 0.1) is 12.5 Å². The molecule has 0 heterocycles. The molecular formula is C11H19NO3. The van der Waals surface area contributed by atoms with Crippen LogP contribution in [-0.4, -0.2) is 32.3 Å². The summed E-state index contributed by atoms with van der Waals surface area (Å²) in [6, 6.07) is 0.0267. The molecule has 4 nitrogen and oxygen atoms in total. The average molecular weight is 213 g/mol. The molecule has 4 atom stereocenters. The first-order valence-corrected chi connectivity index (χ1v) is 5.65. The van der Waals surface area contributed by atoms with Crippen molar-refractivity contribution in [3.8, 4) is 0 Å². The predicted octanol–water partition coefficient (Wildman–Crippen LogP) is 0.549. The minimum atomic E-state index is -0.119. The molecule has 86 valence electrons. The van der Waals surface area contributed by atoms with Crippen molar-refractivity contribution in [3.63, 3.8) is 0 Å². The van der Waals surface area contributed by atoms with Crippen molar-refractivity contribution in [2.24, 2.45) is 23.5 Å². The Morgan fingerprint density at radius 2 is 2.07 bits per heavy atom. The molecule has 0 amide bonds. The molecule has 0 saturated heterocycles. The van der Waals surface area contributed by atoms with Gasteiger partial charge in [-0.15, -0.1) is 0 Å². The Bertz CT molecular complexity index is 242. The van der Waals surface area contributed by atoms with Crippen LogP contribution in [0.15, 0.2) is 0 Å². The van der Waals surface area contributed by atoms with E-state index in [1.807, 2.05) is 0 Å². The molecule has 2 aliphatic carbocycles. The van der Waals surface area contributed by atoms with Crippen molar-refractivity contribution in [3.05, 3.63) is 0 Å². The van der Waals surface area contributed by atoms with Gasteiger partial charge in [0, 0.05) is 13.2 Å². The zero-order valence-corrected chi connectivity index (χ0v) is 9.15. The Hall–Kier alpha value is -0.610. The smallest absolute Gasteiger partial charge is 0.310 e. The van der Waals surface area contributed by atoms with Crippen LogP contribution in [0.25, 0.3) is 0 Å². The highest BCUT2D eigenvalue weighted by atomic mass is 16.6. The summed E-state index contributed by atoms with van der Waals surface area (Å²) in [5, 5.41) is 0. The lowest BCUT2D eigenvalue weighted by Crippen LogP contribution is -2.41. The highest BCUT2D eigenvalue weighted by molar-refractivity contribution is 5.74. The Balaban J connectivity index is 1.85. The Labute approximate surface area is 90.1 Å². The van der Waals surface area contributed by atoms with Gasteiger partial charge < -0.3 is 15.2 Å². The maximum atomic E-state index is 11.8. The molecular weight excluding hydrogens is 194 g/mol. The standard InChI is InChI=1S/C11H19NO3/c1-14-4-5-15-11(13)9-7-2-3-8(6-7)10(9)12/h7-10H,2-6,12H2,1H3. The number of hydrogen-bond acceptors (Lipinski definition) is 4. The maximum Gasteiger partial charge on any atom is 0.310 e. The van der Waals surface area contributed by atoms with E-state index in [2.05, 4.69) is 0 Å². The fraction of sp³-hybridized carbons (Fsp3) is 0.909. The SMILES string of the molecule is COCCOC(=O)C1C2CCC(C2)C1N.